The zero-order valence-corrected chi connectivity index (χ0v) is 11.4. The van der Waals surface area contributed by atoms with Crippen LogP contribution in [0.4, 0.5) is 0 Å². The van der Waals surface area contributed by atoms with Crippen LogP contribution in [0, 0.1) is 0 Å². The standard InChI is InChI=1S/C10H12N4O2S2/c1-16-8-6-11-5-7(12-8)9(15)13-14-10-17-3-2-4-18-10/h5-6H,2-4H2,1H3,(H,13,15). The number of hydrazone groups is 1. The molecule has 1 aliphatic heterocycles. The maximum Gasteiger partial charge on any atom is 0.291 e. The Balaban J connectivity index is 1.98. The summed E-state index contributed by atoms with van der Waals surface area (Å²) in [6.45, 7) is 0. The minimum Gasteiger partial charge on any atom is -0.480 e. The minimum atomic E-state index is -0.388. The van der Waals surface area contributed by atoms with Crippen LogP contribution in [0.25, 0.3) is 0 Å². The largest absolute Gasteiger partial charge is 0.480 e. The molecule has 18 heavy (non-hydrogen) atoms. The van der Waals surface area contributed by atoms with Gasteiger partial charge >= 0.3 is 0 Å². The number of aromatic nitrogens is 2. The first-order valence-electron chi connectivity index (χ1n) is 5.29. The van der Waals surface area contributed by atoms with Crippen molar-refractivity contribution in [1.82, 2.24) is 15.4 Å². The van der Waals surface area contributed by atoms with Gasteiger partial charge in [0, 0.05) is 11.5 Å². The molecule has 0 spiro atoms. The second kappa shape index (κ2) is 6.60. The fourth-order valence-electron chi connectivity index (χ4n) is 1.19. The van der Waals surface area contributed by atoms with Crippen LogP contribution in [0.3, 0.4) is 0 Å². The third kappa shape index (κ3) is 3.61. The van der Waals surface area contributed by atoms with Gasteiger partial charge in [-0.3, -0.25) is 9.78 Å². The maximum atomic E-state index is 11.8. The summed E-state index contributed by atoms with van der Waals surface area (Å²) < 4.78 is 5.78. The van der Waals surface area contributed by atoms with E-state index in [1.54, 1.807) is 23.5 Å². The normalized spacial score (nSPS) is 15.1. The molecule has 1 amide bonds. The number of ether oxygens (including phenoxy) is 1. The van der Waals surface area contributed by atoms with Crippen molar-refractivity contribution in [3.8, 4) is 5.88 Å². The number of methoxy groups -OCH3 is 1. The van der Waals surface area contributed by atoms with E-state index in [4.69, 9.17) is 4.74 Å². The first-order valence-corrected chi connectivity index (χ1v) is 7.26. The number of nitrogens with one attached hydrogen (secondary N) is 1. The zero-order chi connectivity index (χ0) is 12.8. The molecule has 0 aliphatic carbocycles. The molecule has 2 heterocycles. The Morgan fingerprint density at radius 2 is 2.22 bits per heavy atom. The average Bonchev–Trinajstić information content (AvgIpc) is 2.46. The van der Waals surface area contributed by atoms with Crippen molar-refractivity contribution < 1.29 is 9.53 Å². The highest BCUT2D eigenvalue weighted by Crippen LogP contribution is 2.24. The topological polar surface area (TPSA) is 76.5 Å². The number of rotatable bonds is 3. The summed E-state index contributed by atoms with van der Waals surface area (Å²) in [6.07, 6.45) is 3.98. The molecule has 1 saturated heterocycles. The summed E-state index contributed by atoms with van der Waals surface area (Å²) in [7, 11) is 1.47. The van der Waals surface area contributed by atoms with Crippen molar-refractivity contribution in [3.63, 3.8) is 0 Å². The average molecular weight is 284 g/mol. The Bertz CT molecular complexity index is 459. The summed E-state index contributed by atoms with van der Waals surface area (Å²) in [5.41, 5.74) is 2.65. The third-order valence-electron chi connectivity index (χ3n) is 2.04. The van der Waals surface area contributed by atoms with Gasteiger partial charge in [-0.2, -0.15) is 5.10 Å². The van der Waals surface area contributed by atoms with Crippen molar-refractivity contribution in [2.75, 3.05) is 18.6 Å². The van der Waals surface area contributed by atoms with E-state index in [-0.39, 0.29) is 11.6 Å². The lowest BCUT2D eigenvalue weighted by molar-refractivity contribution is 0.0949. The van der Waals surface area contributed by atoms with Gasteiger partial charge in [-0.05, 0) is 6.42 Å². The molecule has 1 aliphatic rings. The van der Waals surface area contributed by atoms with Gasteiger partial charge in [0.15, 0.2) is 5.69 Å². The van der Waals surface area contributed by atoms with Crippen LogP contribution in [0.1, 0.15) is 16.9 Å². The van der Waals surface area contributed by atoms with Gasteiger partial charge < -0.3 is 4.74 Å². The van der Waals surface area contributed by atoms with Crippen molar-refractivity contribution in [3.05, 3.63) is 18.1 Å². The monoisotopic (exact) mass is 284 g/mol. The molecule has 1 fully saturated rings. The highest BCUT2D eigenvalue weighted by molar-refractivity contribution is 8.39. The van der Waals surface area contributed by atoms with Crippen LogP contribution in [0.2, 0.25) is 0 Å². The lowest BCUT2D eigenvalue weighted by Crippen LogP contribution is -2.20. The molecule has 0 atom stereocenters. The molecule has 0 saturated carbocycles. The smallest absolute Gasteiger partial charge is 0.291 e. The van der Waals surface area contributed by atoms with E-state index >= 15 is 0 Å². The molecule has 0 radical (unpaired) electrons. The van der Waals surface area contributed by atoms with E-state index in [9.17, 15) is 4.79 Å². The van der Waals surface area contributed by atoms with E-state index in [0.29, 0.717) is 5.88 Å². The number of amides is 1. The molecule has 0 aromatic carbocycles. The van der Waals surface area contributed by atoms with E-state index in [0.717, 1.165) is 15.9 Å². The van der Waals surface area contributed by atoms with Crippen LogP contribution >= 0.6 is 23.5 Å². The van der Waals surface area contributed by atoms with Crippen LogP contribution in [-0.2, 0) is 0 Å². The summed E-state index contributed by atoms with van der Waals surface area (Å²) in [6, 6.07) is 0. The van der Waals surface area contributed by atoms with Gasteiger partial charge in [0.25, 0.3) is 5.91 Å². The Morgan fingerprint density at radius 1 is 1.44 bits per heavy atom. The predicted octanol–water partition coefficient (Wildman–Crippen LogP) is 1.36. The Morgan fingerprint density at radius 3 is 2.94 bits per heavy atom. The predicted molar refractivity (Wildman–Crippen MR) is 73.0 cm³/mol. The molecule has 1 aromatic rings. The van der Waals surface area contributed by atoms with Crippen LogP contribution < -0.4 is 10.2 Å². The Kier molecular flexibility index (Phi) is 4.82. The van der Waals surface area contributed by atoms with Crippen LogP contribution in [-0.4, -0.2) is 38.9 Å². The summed E-state index contributed by atoms with van der Waals surface area (Å²) in [5, 5.41) is 4.05. The van der Waals surface area contributed by atoms with Gasteiger partial charge in [-0.1, -0.05) is 23.5 Å². The molecule has 8 heteroatoms. The third-order valence-corrected chi connectivity index (χ3v) is 4.41. The minimum absolute atomic E-state index is 0.185. The van der Waals surface area contributed by atoms with Gasteiger partial charge in [0.1, 0.15) is 4.38 Å². The molecule has 0 bridgehead atoms. The lowest BCUT2D eigenvalue weighted by atomic mass is 10.4. The first kappa shape index (κ1) is 13.2. The second-order valence-corrected chi connectivity index (χ2v) is 5.74. The molecule has 1 N–H and O–H groups in total. The molecule has 2 rings (SSSR count). The molecular weight excluding hydrogens is 272 g/mol. The van der Waals surface area contributed by atoms with E-state index in [2.05, 4.69) is 20.5 Å². The van der Waals surface area contributed by atoms with Crippen LogP contribution in [0.15, 0.2) is 17.5 Å². The second-order valence-electron chi connectivity index (χ2n) is 3.32. The van der Waals surface area contributed by atoms with Gasteiger partial charge in [0.05, 0.1) is 19.5 Å². The maximum absolute atomic E-state index is 11.8. The number of hydrogen-bond donors (Lipinski definition) is 1. The number of nitrogens with zero attached hydrogens (tertiary/aromatic N) is 3. The van der Waals surface area contributed by atoms with Gasteiger partial charge in [-0.15, -0.1) is 0 Å². The van der Waals surface area contributed by atoms with Crippen molar-refractivity contribution >= 4 is 33.8 Å². The van der Waals surface area contributed by atoms with Gasteiger partial charge in [-0.25, -0.2) is 10.4 Å². The quantitative estimate of drug-likeness (QED) is 0.844. The number of thioether (sulfide) groups is 2. The highest BCUT2D eigenvalue weighted by Gasteiger charge is 2.11. The summed E-state index contributed by atoms with van der Waals surface area (Å²) in [5.74, 6) is 2.00. The van der Waals surface area contributed by atoms with Crippen LogP contribution in [0.5, 0.6) is 5.88 Å². The summed E-state index contributed by atoms with van der Waals surface area (Å²) >= 11 is 3.29. The van der Waals surface area contributed by atoms with Gasteiger partial charge in [0.2, 0.25) is 5.88 Å². The molecule has 96 valence electrons. The fourth-order valence-corrected chi connectivity index (χ4v) is 3.36. The number of carbonyl (C=O) groups is 1. The number of hydrogen-bond acceptors (Lipinski definition) is 7. The Hall–Kier alpha value is -1.28. The highest BCUT2D eigenvalue weighted by atomic mass is 32.2. The summed E-state index contributed by atoms with van der Waals surface area (Å²) in [4.78, 5) is 19.6. The fraction of sp³-hybridized carbons (Fsp3) is 0.400. The van der Waals surface area contributed by atoms with Crippen molar-refractivity contribution in [1.29, 1.82) is 0 Å². The van der Waals surface area contributed by atoms with Crippen molar-refractivity contribution in [2.24, 2.45) is 5.10 Å². The first-order chi connectivity index (χ1) is 8.79. The molecule has 1 aromatic heterocycles. The molecule has 6 nitrogen and oxygen atoms in total. The van der Waals surface area contributed by atoms with Crippen molar-refractivity contribution in [2.45, 2.75) is 6.42 Å². The zero-order valence-electron chi connectivity index (χ0n) is 9.75. The van der Waals surface area contributed by atoms with E-state index < -0.39 is 0 Å². The molecular formula is C10H12N4O2S2. The van der Waals surface area contributed by atoms with E-state index in [1.807, 2.05) is 0 Å². The lowest BCUT2D eigenvalue weighted by Gasteiger charge is -2.10. The Labute approximate surface area is 113 Å². The SMILES string of the molecule is COc1cncc(C(=O)NN=C2SCCCS2)n1. The molecule has 0 unspecified atom stereocenters. The van der Waals surface area contributed by atoms with E-state index in [1.165, 1.54) is 25.9 Å². The number of carbonyl (C=O) groups excluding carboxylic acids is 1.